The van der Waals surface area contributed by atoms with E-state index < -0.39 is 17.6 Å². The summed E-state index contributed by atoms with van der Waals surface area (Å²) in [6.45, 7) is 5.01. The number of carbonyl (C=O) groups excluding carboxylic acids is 1. The number of halogens is 1. The van der Waals surface area contributed by atoms with E-state index in [0.29, 0.717) is 0 Å². The van der Waals surface area contributed by atoms with Crippen LogP contribution in [-0.2, 0) is 4.74 Å². The van der Waals surface area contributed by atoms with Gasteiger partial charge in [-0.05, 0) is 39.0 Å². The molecule has 1 aromatic rings. The first-order valence-corrected chi connectivity index (χ1v) is 4.92. The molecule has 0 N–H and O–H groups in total. The highest BCUT2D eigenvalue weighted by atomic mass is 19.1. The van der Waals surface area contributed by atoms with Gasteiger partial charge in [0.05, 0.1) is 11.6 Å². The highest BCUT2D eigenvalue weighted by Gasteiger charge is 2.19. The molecule has 5 heteroatoms. The molecule has 0 aromatic heterocycles. The Morgan fingerprint density at radius 2 is 2.06 bits per heavy atom. The molecule has 0 amide bonds. The van der Waals surface area contributed by atoms with Crippen molar-refractivity contribution in [3.63, 3.8) is 0 Å². The highest BCUT2D eigenvalue weighted by molar-refractivity contribution is 5.64. The number of nitrogens with zero attached hydrogens (tertiary/aromatic N) is 1. The van der Waals surface area contributed by atoms with E-state index in [1.165, 1.54) is 12.1 Å². The van der Waals surface area contributed by atoms with Crippen molar-refractivity contribution in [3.8, 4) is 11.8 Å². The number of benzene rings is 1. The van der Waals surface area contributed by atoms with Gasteiger partial charge in [0, 0.05) is 0 Å². The predicted octanol–water partition coefficient (Wildman–Crippen LogP) is 3.01. The molecule has 0 radical (unpaired) electrons. The standard InChI is InChI=1S/C12H12FNO3/c1-12(2,3)17-11(15)16-10-5-4-8(7-14)6-9(10)13/h4-6H,1-3H3. The topological polar surface area (TPSA) is 59.3 Å². The third-order valence-corrected chi connectivity index (χ3v) is 1.64. The molecule has 0 saturated carbocycles. The molecule has 1 rings (SSSR count). The van der Waals surface area contributed by atoms with E-state index in [-0.39, 0.29) is 11.3 Å². The lowest BCUT2D eigenvalue weighted by Crippen LogP contribution is -2.26. The van der Waals surface area contributed by atoms with Crippen molar-refractivity contribution < 1.29 is 18.7 Å². The van der Waals surface area contributed by atoms with Crippen LogP contribution in [0.25, 0.3) is 0 Å². The van der Waals surface area contributed by atoms with Crippen LogP contribution in [0.15, 0.2) is 18.2 Å². The van der Waals surface area contributed by atoms with Crippen LogP contribution in [0.2, 0.25) is 0 Å². The molecule has 0 unspecified atom stereocenters. The molecule has 0 aliphatic heterocycles. The minimum absolute atomic E-state index is 0.152. The van der Waals surface area contributed by atoms with Crippen LogP contribution in [0.4, 0.5) is 9.18 Å². The summed E-state index contributed by atoms with van der Waals surface area (Å²) in [4.78, 5) is 11.3. The Morgan fingerprint density at radius 1 is 1.41 bits per heavy atom. The van der Waals surface area contributed by atoms with Crippen molar-refractivity contribution in [3.05, 3.63) is 29.6 Å². The Balaban J connectivity index is 2.76. The van der Waals surface area contributed by atoms with Crippen molar-refractivity contribution >= 4 is 6.16 Å². The summed E-state index contributed by atoms with van der Waals surface area (Å²) in [5, 5.41) is 8.54. The SMILES string of the molecule is CC(C)(C)OC(=O)Oc1ccc(C#N)cc1F. The van der Waals surface area contributed by atoms with E-state index in [2.05, 4.69) is 4.74 Å². The molecule has 0 fully saturated rings. The molecule has 1 aromatic carbocycles. The molecule has 0 aliphatic rings. The van der Waals surface area contributed by atoms with Crippen molar-refractivity contribution in [1.29, 1.82) is 5.26 Å². The van der Waals surface area contributed by atoms with Gasteiger partial charge in [0.2, 0.25) is 0 Å². The van der Waals surface area contributed by atoms with Crippen molar-refractivity contribution in [2.45, 2.75) is 26.4 Å². The zero-order valence-electron chi connectivity index (χ0n) is 9.78. The first kappa shape index (κ1) is 13.0. The van der Waals surface area contributed by atoms with Crippen molar-refractivity contribution in [2.24, 2.45) is 0 Å². The van der Waals surface area contributed by atoms with Crippen LogP contribution in [0.1, 0.15) is 26.3 Å². The van der Waals surface area contributed by atoms with Gasteiger partial charge in [-0.2, -0.15) is 5.26 Å². The second-order valence-corrected chi connectivity index (χ2v) is 4.32. The quantitative estimate of drug-likeness (QED) is 0.556. The maximum Gasteiger partial charge on any atom is 0.514 e. The first-order valence-electron chi connectivity index (χ1n) is 4.92. The molecule has 0 bridgehead atoms. The summed E-state index contributed by atoms with van der Waals surface area (Å²) in [6, 6.07) is 5.32. The van der Waals surface area contributed by atoms with E-state index in [1.54, 1.807) is 26.8 Å². The van der Waals surface area contributed by atoms with Gasteiger partial charge < -0.3 is 9.47 Å². The molecule has 0 aliphatic carbocycles. The van der Waals surface area contributed by atoms with E-state index >= 15 is 0 Å². The third-order valence-electron chi connectivity index (χ3n) is 1.64. The molecule has 0 saturated heterocycles. The fraction of sp³-hybridized carbons (Fsp3) is 0.333. The smallest absolute Gasteiger partial charge is 0.428 e. The lowest BCUT2D eigenvalue weighted by Gasteiger charge is -2.18. The molecule has 17 heavy (non-hydrogen) atoms. The fourth-order valence-electron chi connectivity index (χ4n) is 1.01. The van der Waals surface area contributed by atoms with Crippen LogP contribution in [-0.4, -0.2) is 11.8 Å². The van der Waals surface area contributed by atoms with E-state index in [4.69, 9.17) is 10.00 Å². The van der Waals surface area contributed by atoms with Gasteiger partial charge in [0.15, 0.2) is 11.6 Å². The van der Waals surface area contributed by atoms with Crippen LogP contribution in [0.5, 0.6) is 5.75 Å². The first-order chi connectivity index (χ1) is 7.81. The Kier molecular flexibility index (Phi) is 3.69. The Hall–Kier alpha value is -2.09. The number of nitriles is 1. The number of rotatable bonds is 1. The van der Waals surface area contributed by atoms with Gasteiger partial charge >= 0.3 is 6.16 Å². The van der Waals surface area contributed by atoms with Gasteiger partial charge in [0.1, 0.15) is 5.60 Å². The summed E-state index contributed by atoms with van der Waals surface area (Å²) in [5.74, 6) is -1.05. The number of hydrogen-bond acceptors (Lipinski definition) is 4. The zero-order chi connectivity index (χ0) is 13.1. The average Bonchev–Trinajstić information content (AvgIpc) is 2.18. The maximum atomic E-state index is 13.3. The second-order valence-electron chi connectivity index (χ2n) is 4.32. The summed E-state index contributed by atoms with van der Waals surface area (Å²) in [6.07, 6.45) is -0.985. The normalized spacial score (nSPS) is 10.5. The lowest BCUT2D eigenvalue weighted by molar-refractivity contribution is 0.0198. The molecule has 0 spiro atoms. The van der Waals surface area contributed by atoms with E-state index in [9.17, 15) is 9.18 Å². The largest absolute Gasteiger partial charge is 0.514 e. The van der Waals surface area contributed by atoms with Gasteiger partial charge in [-0.3, -0.25) is 0 Å². The summed E-state index contributed by atoms with van der Waals surface area (Å²) in [5.41, 5.74) is -0.556. The summed E-state index contributed by atoms with van der Waals surface area (Å²) in [7, 11) is 0. The fourth-order valence-corrected chi connectivity index (χ4v) is 1.01. The minimum atomic E-state index is -0.985. The third kappa shape index (κ3) is 4.11. The lowest BCUT2D eigenvalue weighted by atomic mass is 10.2. The molecular formula is C12H12FNO3. The molecule has 0 heterocycles. The van der Waals surface area contributed by atoms with E-state index in [1.807, 2.05) is 0 Å². The minimum Gasteiger partial charge on any atom is -0.428 e. The molecular weight excluding hydrogens is 225 g/mol. The van der Waals surface area contributed by atoms with Crippen LogP contribution in [0, 0.1) is 17.1 Å². The maximum absolute atomic E-state index is 13.3. The number of hydrogen-bond donors (Lipinski definition) is 0. The van der Waals surface area contributed by atoms with Gasteiger partial charge in [-0.1, -0.05) is 0 Å². The second kappa shape index (κ2) is 4.83. The Bertz CT molecular complexity index is 472. The van der Waals surface area contributed by atoms with Gasteiger partial charge in [-0.25, -0.2) is 9.18 Å². The van der Waals surface area contributed by atoms with Crippen molar-refractivity contribution in [1.82, 2.24) is 0 Å². The number of carbonyl (C=O) groups is 1. The Morgan fingerprint density at radius 3 is 2.53 bits per heavy atom. The van der Waals surface area contributed by atoms with Crippen LogP contribution >= 0.6 is 0 Å². The Labute approximate surface area is 98.6 Å². The molecule has 4 nitrogen and oxygen atoms in total. The summed E-state index contributed by atoms with van der Waals surface area (Å²) < 4.78 is 22.9. The average molecular weight is 237 g/mol. The summed E-state index contributed by atoms with van der Waals surface area (Å²) >= 11 is 0. The monoisotopic (exact) mass is 237 g/mol. The zero-order valence-corrected chi connectivity index (χ0v) is 9.78. The van der Waals surface area contributed by atoms with Crippen LogP contribution < -0.4 is 4.74 Å². The van der Waals surface area contributed by atoms with Crippen molar-refractivity contribution in [2.75, 3.05) is 0 Å². The van der Waals surface area contributed by atoms with Gasteiger partial charge in [-0.15, -0.1) is 0 Å². The van der Waals surface area contributed by atoms with E-state index in [0.717, 1.165) is 6.07 Å². The van der Waals surface area contributed by atoms with Crippen LogP contribution in [0.3, 0.4) is 0 Å². The predicted molar refractivity (Wildman–Crippen MR) is 58.0 cm³/mol. The highest BCUT2D eigenvalue weighted by Crippen LogP contribution is 2.19. The molecule has 0 atom stereocenters. The van der Waals surface area contributed by atoms with Gasteiger partial charge in [0.25, 0.3) is 0 Å². The number of ether oxygens (including phenoxy) is 2. The molecule has 90 valence electrons.